The zero-order chi connectivity index (χ0) is 15.0. The number of carbonyl (C=O) groups excluding carboxylic acids is 1. The van der Waals surface area contributed by atoms with Crippen molar-refractivity contribution in [3.63, 3.8) is 0 Å². The molecule has 0 unspecified atom stereocenters. The maximum atomic E-state index is 12.9. The Hall–Kier alpha value is -1.55. The molecule has 1 amide bonds. The maximum Gasteiger partial charge on any atom is 0.254 e. The molecular formula is C17H18BrNO2. The molecule has 0 N–H and O–H groups in total. The first-order valence-electron chi connectivity index (χ1n) is 7.17. The van der Waals surface area contributed by atoms with E-state index in [1.807, 2.05) is 49.1 Å². The minimum Gasteiger partial charge on any atom is -0.464 e. The maximum absolute atomic E-state index is 12.9. The summed E-state index contributed by atoms with van der Waals surface area (Å²) in [5.74, 6) is 1.82. The van der Waals surface area contributed by atoms with E-state index in [1.165, 1.54) is 0 Å². The second-order valence-corrected chi connectivity index (χ2v) is 6.44. The van der Waals surface area contributed by atoms with Gasteiger partial charge in [-0.15, -0.1) is 0 Å². The first kappa shape index (κ1) is 14.4. The number of carbonyl (C=O) groups is 1. The van der Waals surface area contributed by atoms with Crippen LogP contribution in [0.4, 0.5) is 0 Å². The molecule has 0 radical (unpaired) electrons. The number of rotatable bonds is 4. The number of benzene rings is 1. The number of amides is 1. The van der Waals surface area contributed by atoms with E-state index >= 15 is 0 Å². The minimum atomic E-state index is 0.0883. The third-order valence-corrected chi connectivity index (χ3v) is 4.73. The van der Waals surface area contributed by atoms with Crippen molar-refractivity contribution in [3.8, 4) is 0 Å². The second-order valence-electron chi connectivity index (χ2n) is 5.59. The SMILES string of the molecule is Cc1ccc(CN(C(=O)c2cccc(Br)c2C)C2CC2)o1. The van der Waals surface area contributed by atoms with Gasteiger partial charge in [0.25, 0.3) is 5.91 Å². The Kier molecular flexibility index (Phi) is 3.89. The predicted octanol–water partition coefficient (Wildman–Crippen LogP) is 4.46. The number of furan rings is 1. The molecule has 1 aromatic heterocycles. The quantitative estimate of drug-likeness (QED) is 0.817. The highest BCUT2D eigenvalue weighted by Gasteiger charge is 2.34. The van der Waals surface area contributed by atoms with Crippen LogP contribution in [0.2, 0.25) is 0 Å². The van der Waals surface area contributed by atoms with Gasteiger partial charge in [0, 0.05) is 16.1 Å². The average molecular weight is 348 g/mol. The number of hydrogen-bond donors (Lipinski definition) is 0. The van der Waals surface area contributed by atoms with Gasteiger partial charge in [0.15, 0.2) is 0 Å². The molecule has 1 saturated carbocycles. The Morgan fingerprint density at radius 1 is 1.29 bits per heavy atom. The smallest absolute Gasteiger partial charge is 0.254 e. The molecule has 0 saturated heterocycles. The molecule has 2 aromatic rings. The van der Waals surface area contributed by atoms with Crippen molar-refractivity contribution in [1.29, 1.82) is 0 Å². The van der Waals surface area contributed by atoms with Crippen LogP contribution in [0, 0.1) is 13.8 Å². The Balaban J connectivity index is 1.87. The summed E-state index contributed by atoms with van der Waals surface area (Å²) in [5, 5.41) is 0. The largest absolute Gasteiger partial charge is 0.464 e. The number of nitrogens with zero attached hydrogens (tertiary/aromatic N) is 1. The molecule has 3 rings (SSSR count). The van der Waals surface area contributed by atoms with Gasteiger partial charge in [-0.1, -0.05) is 22.0 Å². The predicted molar refractivity (Wildman–Crippen MR) is 85.2 cm³/mol. The lowest BCUT2D eigenvalue weighted by atomic mass is 10.1. The van der Waals surface area contributed by atoms with Crippen molar-refractivity contribution in [2.45, 2.75) is 39.3 Å². The highest BCUT2D eigenvalue weighted by Crippen LogP contribution is 2.31. The zero-order valence-corrected chi connectivity index (χ0v) is 13.8. The number of aryl methyl sites for hydroxylation is 1. The summed E-state index contributed by atoms with van der Waals surface area (Å²) in [6.07, 6.45) is 2.16. The van der Waals surface area contributed by atoms with Gasteiger partial charge in [-0.2, -0.15) is 0 Å². The Labute approximate surface area is 133 Å². The van der Waals surface area contributed by atoms with Gasteiger partial charge in [0.2, 0.25) is 0 Å². The Morgan fingerprint density at radius 3 is 2.67 bits per heavy atom. The number of halogens is 1. The molecule has 0 bridgehead atoms. The van der Waals surface area contributed by atoms with Crippen LogP contribution < -0.4 is 0 Å². The Bertz CT molecular complexity index is 673. The van der Waals surface area contributed by atoms with Gasteiger partial charge >= 0.3 is 0 Å². The highest BCUT2D eigenvalue weighted by atomic mass is 79.9. The van der Waals surface area contributed by atoms with Crippen molar-refractivity contribution < 1.29 is 9.21 Å². The molecule has 0 atom stereocenters. The van der Waals surface area contributed by atoms with E-state index in [0.29, 0.717) is 12.6 Å². The molecule has 1 fully saturated rings. The van der Waals surface area contributed by atoms with Crippen LogP contribution in [0.15, 0.2) is 39.2 Å². The summed E-state index contributed by atoms with van der Waals surface area (Å²) in [7, 11) is 0. The van der Waals surface area contributed by atoms with Crippen molar-refractivity contribution >= 4 is 21.8 Å². The summed E-state index contributed by atoms with van der Waals surface area (Å²) in [6.45, 7) is 4.44. The molecule has 21 heavy (non-hydrogen) atoms. The fourth-order valence-electron chi connectivity index (χ4n) is 2.48. The molecule has 0 spiro atoms. The van der Waals surface area contributed by atoms with Crippen molar-refractivity contribution in [1.82, 2.24) is 4.90 Å². The minimum absolute atomic E-state index is 0.0883. The molecule has 1 aromatic carbocycles. The fourth-order valence-corrected chi connectivity index (χ4v) is 2.85. The van der Waals surface area contributed by atoms with Crippen LogP contribution in [0.1, 0.15) is 40.3 Å². The van der Waals surface area contributed by atoms with Crippen LogP contribution in [-0.4, -0.2) is 16.8 Å². The lowest BCUT2D eigenvalue weighted by molar-refractivity contribution is 0.0716. The molecule has 1 aliphatic rings. The molecule has 4 heteroatoms. The first-order valence-corrected chi connectivity index (χ1v) is 7.97. The summed E-state index contributed by atoms with van der Waals surface area (Å²) in [5.41, 5.74) is 1.75. The Morgan fingerprint density at radius 2 is 2.05 bits per heavy atom. The van der Waals surface area contributed by atoms with E-state index in [-0.39, 0.29) is 5.91 Å². The van der Waals surface area contributed by atoms with Crippen molar-refractivity contribution in [2.24, 2.45) is 0 Å². The second kappa shape index (κ2) is 5.68. The van der Waals surface area contributed by atoms with Crippen molar-refractivity contribution in [2.75, 3.05) is 0 Å². The van der Waals surface area contributed by atoms with Gasteiger partial charge in [-0.25, -0.2) is 0 Å². The summed E-state index contributed by atoms with van der Waals surface area (Å²) in [4.78, 5) is 14.8. The lowest BCUT2D eigenvalue weighted by Crippen LogP contribution is -2.33. The van der Waals surface area contributed by atoms with Crippen LogP contribution >= 0.6 is 15.9 Å². The van der Waals surface area contributed by atoms with E-state index in [4.69, 9.17) is 4.42 Å². The third-order valence-electron chi connectivity index (χ3n) is 3.87. The highest BCUT2D eigenvalue weighted by molar-refractivity contribution is 9.10. The monoisotopic (exact) mass is 347 g/mol. The van der Waals surface area contributed by atoms with Crippen LogP contribution in [-0.2, 0) is 6.54 Å². The van der Waals surface area contributed by atoms with Gasteiger partial charge in [-0.05, 0) is 56.5 Å². The topological polar surface area (TPSA) is 33.5 Å². The van der Waals surface area contributed by atoms with E-state index in [2.05, 4.69) is 15.9 Å². The van der Waals surface area contributed by atoms with Gasteiger partial charge < -0.3 is 9.32 Å². The molecule has 1 aliphatic carbocycles. The normalized spacial score (nSPS) is 14.2. The number of hydrogen-bond acceptors (Lipinski definition) is 2. The van der Waals surface area contributed by atoms with Crippen molar-refractivity contribution in [3.05, 3.63) is 57.5 Å². The summed E-state index contributed by atoms with van der Waals surface area (Å²) < 4.78 is 6.60. The summed E-state index contributed by atoms with van der Waals surface area (Å²) >= 11 is 3.50. The molecular weight excluding hydrogens is 330 g/mol. The van der Waals surface area contributed by atoms with Crippen LogP contribution in [0.25, 0.3) is 0 Å². The fraction of sp³-hybridized carbons (Fsp3) is 0.353. The molecule has 0 aliphatic heterocycles. The average Bonchev–Trinajstić information content (AvgIpc) is 3.22. The van der Waals surface area contributed by atoms with E-state index < -0.39 is 0 Å². The zero-order valence-electron chi connectivity index (χ0n) is 12.2. The van der Waals surface area contributed by atoms with E-state index in [0.717, 1.165) is 40.0 Å². The van der Waals surface area contributed by atoms with Gasteiger partial charge in [0.05, 0.1) is 6.54 Å². The lowest BCUT2D eigenvalue weighted by Gasteiger charge is -2.22. The van der Waals surface area contributed by atoms with Crippen LogP contribution in [0.5, 0.6) is 0 Å². The third kappa shape index (κ3) is 3.05. The standard InChI is InChI=1S/C17H18BrNO2/c1-11-6-9-14(21-11)10-19(13-7-8-13)17(20)15-4-3-5-16(18)12(15)2/h3-6,9,13H,7-8,10H2,1-2H3. The van der Waals surface area contributed by atoms with Gasteiger partial charge in [-0.3, -0.25) is 4.79 Å². The van der Waals surface area contributed by atoms with E-state index in [9.17, 15) is 4.79 Å². The molecule has 3 nitrogen and oxygen atoms in total. The molecule has 110 valence electrons. The van der Waals surface area contributed by atoms with Gasteiger partial charge in [0.1, 0.15) is 11.5 Å². The van der Waals surface area contributed by atoms with E-state index in [1.54, 1.807) is 0 Å². The van der Waals surface area contributed by atoms with Crippen LogP contribution in [0.3, 0.4) is 0 Å². The first-order chi connectivity index (χ1) is 10.1. The molecule has 1 heterocycles. The summed E-state index contributed by atoms with van der Waals surface area (Å²) in [6, 6.07) is 10.0.